The summed E-state index contributed by atoms with van der Waals surface area (Å²) >= 11 is 0. The largest absolute Gasteiger partial charge is 0.380 e. The zero-order valence-electron chi connectivity index (χ0n) is 10.0. The van der Waals surface area contributed by atoms with Gasteiger partial charge in [0.15, 0.2) is 0 Å². The lowest BCUT2D eigenvalue weighted by Crippen LogP contribution is -2.37. The van der Waals surface area contributed by atoms with Crippen molar-refractivity contribution in [2.45, 2.75) is 17.4 Å². The quantitative estimate of drug-likeness (QED) is 0.817. The third-order valence-electron chi connectivity index (χ3n) is 3.08. The molecule has 1 heterocycles. The zero-order chi connectivity index (χ0) is 13.2. The van der Waals surface area contributed by atoms with E-state index >= 15 is 0 Å². The van der Waals surface area contributed by atoms with E-state index in [2.05, 4.69) is 0 Å². The summed E-state index contributed by atoms with van der Waals surface area (Å²) in [4.78, 5) is 0.205. The first-order chi connectivity index (χ1) is 8.55. The van der Waals surface area contributed by atoms with Gasteiger partial charge in [-0.15, -0.1) is 0 Å². The Kier molecular flexibility index (Phi) is 3.66. The van der Waals surface area contributed by atoms with Crippen LogP contribution in [0.4, 0.5) is 0 Å². The van der Waals surface area contributed by atoms with Crippen LogP contribution in [0, 0.1) is 11.3 Å². The summed E-state index contributed by atoms with van der Waals surface area (Å²) in [5, 5.41) is 8.69. The Morgan fingerprint density at radius 2 is 2.06 bits per heavy atom. The maximum atomic E-state index is 12.3. The highest BCUT2D eigenvalue weighted by atomic mass is 32.2. The summed E-state index contributed by atoms with van der Waals surface area (Å²) in [5.41, 5.74) is 0.445. The van der Waals surface area contributed by atoms with Crippen molar-refractivity contribution in [3.05, 3.63) is 29.8 Å². The molecule has 5 nitrogen and oxygen atoms in total. The molecule has 0 bridgehead atoms. The summed E-state index contributed by atoms with van der Waals surface area (Å²) in [6, 6.07) is 7.78. The van der Waals surface area contributed by atoms with E-state index in [-0.39, 0.29) is 10.9 Å². The van der Waals surface area contributed by atoms with E-state index in [9.17, 15) is 8.42 Å². The lowest BCUT2D eigenvalue weighted by molar-refractivity contribution is 0.181. The lowest BCUT2D eigenvalue weighted by Gasteiger charge is -2.22. The van der Waals surface area contributed by atoms with Crippen LogP contribution >= 0.6 is 0 Å². The first-order valence-electron chi connectivity index (χ1n) is 5.61. The van der Waals surface area contributed by atoms with E-state index in [4.69, 9.17) is 10.00 Å². The van der Waals surface area contributed by atoms with Crippen LogP contribution in [0.3, 0.4) is 0 Å². The van der Waals surface area contributed by atoms with Crippen molar-refractivity contribution in [3.8, 4) is 6.07 Å². The molecule has 0 radical (unpaired) electrons. The lowest BCUT2D eigenvalue weighted by atomic mass is 10.2. The van der Waals surface area contributed by atoms with Gasteiger partial charge in [-0.05, 0) is 30.7 Å². The van der Waals surface area contributed by atoms with Crippen LogP contribution < -0.4 is 0 Å². The molecule has 1 fully saturated rings. The molecule has 0 saturated carbocycles. The molecule has 0 aromatic heterocycles. The van der Waals surface area contributed by atoms with Crippen molar-refractivity contribution >= 4 is 10.0 Å². The Labute approximate surface area is 107 Å². The molecular formula is C12H14N2O3S. The van der Waals surface area contributed by atoms with E-state index < -0.39 is 10.0 Å². The predicted molar refractivity (Wildman–Crippen MR) is 65.3 cm³/mol. The molecule has 96 valence electrons. The fourth-order valence-electron chi connectivity index (χ4n) is 1.87. The molecule has 1 aromatic carbocycles. The monoisotopic (exact) mass is 266 g/mol. The minimum absolute atomic E-state index is 0.106. The Hall–Kier alpha value is -1.42. The average Bonchev–Trinajstić information content (AvgIpc) is 2.91. The van der Waals surface area contributed by atoms with Crippen LogP contribution in [-0.4, -0.2) is 39.0 Å². The fourth-order valence-corrected chi connectivity index (χ4v) is 3.24. The van der Waals surface area contributed by atoms with Crippen molar-refractivity contribution in [1.29, 1.82) is 5.26 Å². The smallest absolute Gasteiger partial charge is 0.243 e. The molecule has 0 spiro atoms. The van der Waals surface area contributed by atoms with Gasteiger partial charge in [0, 0.05) is 13.7 Å². The van der Waals surface area contributed by atoms with Crippen molar-refractivity contribution in [2.24, 2.45) is 0 Å². The summed E-state index contributed by atoms with van der Waals surface area (Å²) in [6.07, 6.45) is 0.714. The molecule has 18 heavy (non-hydrogen) atoms. The minimum Gasteiger partial charge on any atom is -0.380 e. The number of hydrogen-bond donors (Lipinski definition) is 0. The summed E-state index contributed by atoms with van der Waals surface area (Å²) in [5.74, 6) is 0. The molecule has 0 aliphatic carbocycles. The van der Waals surface area contributed by atoms with Crippen LogP contribution in [-0.2, 0) is 14.8 Å². The van der Waals surface area contributed by atoms with Gasteiger partial charge >= 0.3 is 0 Å². The highest BCUT2D eigenvalue weighted by molar-refractivity contribution is 7.89. The standard InChI is InChI=1S/C12H14N2O3S/c1-14(11-6-7-17-9-11)18(15,16)12-4-2-10(8-13)3-5-12/h2-5,11H,6-7,9H2,1H3. The Balaban J connectivity index is 2.26. The molecule has 1 aliphatic heterocycles. The van der Waals surface area contributed by atoms with E-state index in [1.807, 2.05) is 6.07 Å². The molecule has 0 N–H and O–H groups in total. The number of likely N-dealkylation sites (N-methyl/N-ethyl adjacent to an activating group) is 1. The Morgan fingerprint density at radius 3 is 2.56 bits per heavy atom. The van der Waals surface area contributed by atoms with Crippen LogP contribution in [0.2, 0.25) is 0 Å². The second-order valence-corrected chi connectivity index (χ2v) is 6.17. The normalized spacial score (nSPS) is 19.9. The number of rotatable bonds is 3. The van der Waals surface area contributed by atoms with E-state index in [1.165, 1.54) is 28.6 Å². The van der Waals surface area contributed by atoms with E-state index in [0.29, 0.717) is 25.2 Å². The highest BCUT2D eigenvalue weighted by Gasteiger charge is 2.30. The van der Waals surface area contributed by atoms with Gasteiger partial charge in [-0.2, -0.15) is 9.57 Å². The van der Waals surface area contributed by atoms with Crippen LogP contribution in [0.25, 0.3) is 0 Å². The van der Waals surface area contributed by atoms with Gasteiger partial charge in [-0.1, -0.05) is 0 Å². The number of nitriles is 1. The molecule has 6 heteroatoms. The Morgan fingerprint density at radius 1 is 1.39 bits per heavy atom. The van der Waals surface area contributed by atoms with Gasteiger partial charge in [0.25, 0.3) is 0 Å². The molecule has 1 unspecified atom stereocenters. The van der Waals surface area contributed by atoms with Gasteiger partial charge in [0.1, 0.15) is 0 Å². The maximum Gasteiger partial charge on any atom is 0.243 e. The summed E-state index contributed by atoms with van der Waals surface area (Å²) < 4.78 is 31.2. The van der Waals surface area contributed by atoms with Crippen LogP contribution in [0.15, 0.2) is 29.2 Å². The Bertz CT molecular complexity index is 554. The van der Waals surface area contributed by atoms with Gasteiger partial charge in [0.05, 0.1) is 29.2 Å². The summed E-state index contributed by atoms with van der Waals surface area (Å²) in [6.45, 7) is 1.03. The number of hydrogen-bond acceptors (Lipinski definition) is 4. The summed E-state index contributed by atoms with van der Waals surface area (Å²) in [7, 11) is -1.94. The maximum absolute atomic E-state index is 12.3. The van der Waals surface area contributed by atoms with E-state index in [1.54, 1.807) is 7.05 Å². The molecule has 1 aliphatic rings. The topological polar surface area (TPSA) is 70.4 Å². The van der Waals surface area contributed by atoms with Gasteiger partial charge in [-0.25, -0.2) is 8.42 Å². The third-order valence-corrected chi connectivity index (χ3v) is 5.00. The first-order valence-corrected chi connectivity index (χ1v) is 7.05. The molecule has 1 aromatic rings. The average molecular weight is 266 g/mol. The van der Waals surface area contributed by atoms with Crippen molar-refractivity contribution in [1.82, 2.24) is 4.31 Å². The molecule has 1 atom stereocenters. The SMILES string of the molecule is CN(C1CCOC1)S(=O)(=O)c1ccc(C#N)cc1. The molecule has 0 amide bonds. The first kappa shape index (κ1) is 13.0. The zero-order valence-corrected chi connectivity index (χ0v) is 10.9. The number of nitrogens with zero attached hydrogens (tertiary/aromatic N) is 2. The number of benzene rings is 1. The second kappa shape index (κ2) is 5.06. The second-order valence-electron chi connectivity index (χ2n) is 4.17. The van der Waals surface area contributed by atoms with Gasteiger partial charge < -0.3 is 4.74 Å². The van der Waals surface area contributed by atoms with Crippen molar-refractivity contribution < 1.29 is 13.2 Å². The molecule has 1 saturated heterocycles. The van der Waals surface area contributed by atoms with Gasteiger partial charge in [0.2, 0.25) is 10.0 Å². The van der Waals surface area contributed by atoms with Crippen LogP contribution in [0.5, 0.6) is 0 Å². The molecular weight excluding hydrogens is 252 g/mol. The number of ether oxygens (including phenoxy) is 1. The van der Waals surface area contributed by atoms with E-state index in [0.717, 1.165) is 0 Å². The fraction of sp³-hybridized carbons (Fsp3) is 0.417. The highest BCUT2D eigenvalue weighted by Crippen LogP contribution is 2.20. The van der Waals surface area contributed by atoms with Crippen molar-refractivity contribution in [3.63, 3.8) is 0 Å². The number of sulfonamides is 1. The predicted octanol–water partition coefficient (Wildman–Crippen LogP) is 0.968. The van der Waals surface area contributed by atoms with Crippen molar-refractivity contribution in [2.75, 3.05) is 20.3 Å². The molecule has 2 rings (SSSR count). The minimum atomic E-state index is -3.50. The van der Waals surface area contributed by atoms with Gasteiger partial charge in [-0.3, -0.25) is 0 Å². The van der Waals surface area contributed by atoms with Crippen LogP contribution in [0.1, 0.15) is 12.0 Å². The third kappa shape index (κ3) is 2.38.